The van der Waals surface area contributed by atoms with Gasteiger partial charge in [-0.3, -0.25) is 19.5 Å². The molecule has 1 amide bonds. The maximum Gasteiger partial charge on any atom is 0.300 e. The van der Waals surface area contributed by atoms with Crippen LogP contribution in [-0.2, 0) is 9.59 Å². The summed E-state index contributed by atoms with van der Waals surface area (Å²) in [6.45, 7) is 1.85. The van der Waals surface area contributed by atoms with Crippen molar-refractivity contribution in [3.63, 3.8) is 0 Å². The molecule has 1 N–H and O–H groups in total. The van der Waals surface area contributed by atoms with Crippen molar-refractivity contribution in [2.45, 2.75) is 13.0 Å². The van der Waals surface area contributed by atoms with E-state index in [4.69, 9.17) is 21.1 Å². The third kappa shape index (κ3) is 3.81. The summed E-state index contributed by atoms with van der Waals surface area (Å²) >= 11 is 6.29. The van der Waals surface area contributed by atoms with Crippen LogP contribution in [0.2, 0.25) is 5.02 Å². The summed E-state index contributed by atoms with van der Waals surface area (Å²) < 4.78 is 10.6. The molecule has 33 heavy (non-hydrogen) atoms. The SMILES string of the molecule is COc1cc(OC)c(/C(O)=C2\C(=O)C(=O)N(c3ccccc3C)C2c2ccncc2)cc1Cl. The molecule has 1 aliphatic heterocycles. The van der Waals surface area contributed by atoms with Crippen LogP contribution in [0.15, 0.2) is 66.5 Å². The Morgan fingerprint density at radius 2 is 1.70 bits per heavy atom. The molecule has 1 atom stereocenters. The van der Waals surface area contributed by atoms with Crippen molar-refractivity contribution < 1.29 is 24.2 Å². The number of carbonyl (C=O) groups excluding carboxylic acids is 2. The van der Waals surface area contributed by atoms with Crippen molar-refractivity contribution in [2.24, 2.45) is 0 Å². The van der Waals surface area contributed by atoms with Crippen molar-refractivity contribution in [1.29, 1.82) is 0 Å². The van der Waals surface area contributed by atoms with Gasteiger partial charge in [-0.2, -0.15) is 0 Å². The molecule has 0 radical (unpaired) electrons. The molecule has 168 valence electrons. The summed E-state index contributed by atoms with van der Waals surface area (Å²) in [5.74, 6) is -1.37. The van der Waals surface area contributed by atoms with Gasteiger partial charge in [0.05, 0.1) is 36.4 Å². The Bertz CT molecular complexity index is 1270. The fraction of sp³-hybridized carbons (Fsp3) is 0.160. The third-order valence-corrected chi connectivity index (χ3v) is 5.87. The summed E-state index contributed by atoms with van der Waals surface area (Å²) in [6, 6.07) is 12.7. The van der Waals surface area contributed by atoms with Gasteiger partial charge in [0.1, 0.15) is 17.3 Å². The minimum absolute atomic E-state index is 0.0750. The quantitative estimate of drug-likeness (QED) is 0.335. The largest absolute Gasteiger partial charge is 0.507 e. The highest BCUT2D eigenvalue weighted by Crippen LogP contribution is 2.45. The van der Waals surface area contributed by atoms with Crippen LogP contribution in [0.3, 0.4) is 0 Å². The molecule has 2 aromatic carbocycles. The minimum Gasteiger partial charge on any atom is -0.507 e. The van der Waals surface area contributed by atoms with Gasteiger partial charge in [-0.25, -0.2) is 0 Å². The number of nitrogens with zero attached hydrogens (tertiary/aromatic N) is 2. The number of methoxy groups -OCH3 is 2. The number of carbonyl (C=O) groups is 2. The second kappa shape index (κ2) is 8.96. The Morgan fingerprint density at radius 1 is 1.03 bits per heavy atom. The molecular weight excluding hydrogens is 444 g/mol. The maximum atomic E-state index is 13.3. The van der Waals surface area contributed by atoms with Crippen molar-refractivity contribution in [1.82, 2.24) is 4.98 Å². The second-order valence-corrected chi connectivity index (χ2v) is 7.83. The monoisotopic (exact) mass is 464 g/mol. The Labute approximate surface area is 195 Å². The first-order valence-electron chi connectivity index (χ1n) is 10.1. The average Bonchev–Trinajstić information content (AvgIpc) is 3.09. The first kappa shape index (κ1) is 22.4. The van der Waals surface area contributed by atoms with E-state index in [1.807, 2.05) is 19.1 Å². The number of pyridine rings is 1. The van der Waals surface area contributed by atoms with Crippen LogP contribution >= 0.6 is 11.6 Å². The van der Waals surface area contributed by atoms with Gasteiger partial charge >= 0.3 is 0 Å². The number of aromatic nitrogens is 1. The smallest absolute Gasteiger partial charge is 0.300 e. The van der Waals surface area contributed by atoms with Crippen LogP contribution < -0.4 is 14.4 Å². The Hall–Kier alpha value is -3.84. The van der Waals surface area contributed by atoms with E-state index in [0.717, 1.165) is 5.56 Å². The highest BCUT2D eigenvalue weighted by Gasteiger charge is 2.47. The van der Waals surface area contributed by atoms with Crippen molar-refractivity contribution in [3.05, 3.63) is 88.2 Å². The lowest BCUT2D eigenvalue weighted by Crippen LogP contribution is -2.30. The van der Waals surface area contributed by atoms with Gasteiger partial charge in [-0.1, -0.05) is 29.8 Å². The zero-order valence-electron chi connectivity index (χ0n) is 18.2. The molecule has 1 aliphatic rings. The number of rotatable bonds is 5. The first-order valence-corrected chi connectivity index (χ1v) is 10.4. The minimum atomic E-state index is -0.875. The molecule has 7 nitrogen and oxygen atoms in total. The molecule has 1 unspecified atom stereocenters. The molecule has 0 bridgehead atoms. The number of aliphatic hydroxyl groups is 1. The number of aliphatic hydroxyl groups excluding tert-OH is 1. The van der Waals surface area contributed by atoms with E-state index in [9.17, 15) is 14.7 Å². The van der Waals surface area contributed by atoms with Gasteiger partial charge in [-0.05, 0) is 42.3 Å². The van der Waals surface area contributed by atoms with Gasteiger partial charge in [0.25, 0.3) is 11.7 Å². The van der Waals surface area contributed by atoms with Crippen molar-refractivity contribution >= 4 is 34.7 Å². The molecule has 1 aromatic heterocycles. The number of hydrogen-bond acceptors (Lipinski definition) is 6. The number of ether oxygens (including phenoxy) is 2. The number of benzene rings is 2. The normalized spacial score (nSPS) is 17.3. The summed E-state index contributed by atoms with van der Waals surface area (Å²) in [5.41, 5.74) is 2.09. The van der Waals surface area contributed by atoms with E-state index in [2.05, 4.69) is 4.98 Å². The number of halogens is 1. The highest BCUT2D eigenvalue weighted by atomic mass is 35.5. The number of amides is 1. The van der Waals surface area contributed by atoms with Crippen LogP contribution in [0, 0.1) is 6.92 Å². The average molecular weight is 465 g/mol. The zero-order valence-corrected chi connectivity index (χ0v) is 19.0. The number of ketones is 1. The molecule has 1 saturated heterocycles. The van der Waals surface area contributed by atoms with Gasteiger partial charge in [-0.15, -0.1) is 0 Å². The Balaban J connectivity index is 2.00. The number of para-hydroxylation sites is 1. The molecule has 0 saturated carbocycles. The molecule has 0 spiro atoms. The van der Waals surface area contributed by atoms with Gasteiger partial charge in [0.15, 0.2) is 0 Å². The second-order valence-electron chi connectivity index (χ2n) is 7.42. The highest BCUT2D eigenvalue weighted by molar-refractivity contribution is 6.51. The first-order chi connectivity index (χ1) is 15.9. The fourth-order valence-electron chi connectivity index (χ4n) is 3.97. The number of hydrogen-bond donors (Lipinski definition) is 1. The fourth-order valence-corrected chi connectivity index (χ4v) is 4.21. The van der Waals surface area contributed by atoms with Crippen LogP contribution in [0.4, 0.5) is 5.69 Å². The molecule has 8 heteroatoms. The summed E-state index contributed by atoms with van der Waals surface area (Å²) in [4.78, 5) is 32.0. The van der Waals surface area contributed by atoms with E-state index in [1.54, 1.807) is 36.7 Å². The zero-order chi connectivity index (χ0) is 23.7. The van der Waals surface area contributed by atoms with E-state index < -0.39 is 23.5 Å². The summed E-state index contributed by atoms with van der Waals surface area (Å²) in [6.07, 6.45) is 3.14. The maximum absolute atomic E-state index is 13.3. The third-order valence-electron chi connectivity index (χ3n) is 5.57. The van der Waals surface area contributed by atoms with E-state index in [-0.39, 0.29) is 21.9 Å². The lowest BCUT2D eigenvalue weighted by atomic mass is 9.95. The lowest BCUT2D eigenvalue weighted by Gasteiger charge is -2.26. The molecule has 1 fully saturated rings. The lowest BCUT2D eigenvalue weighted by molar-refractivity contribution is -0.132. The number of Topliss-reactive ketones (excluding diaryl/α,β-unsaturated/α-hetero) is 1. The standard InChI is InChI=1S/C25H21ClN2O5/c1-14-6-4-5-7-18(14)28-22(15-8-10-27-11-9-15)21(24(30)25(28)31)23(29)16-12-17(26)20(33-3)13-19(16)32-2/h4-13,22,29H,1-3H3/b23-21+. The molecule has 0 aliphatic carbocycles. The summed E-state index contributed by atoms with van der Waals surface area (Å²) in [5, 5.41) is 11.6. The van der Waals surface area contributed by atoms with E-state index in [0.29, 0.717) is 17.0 Å². The Morgan fingerprint density at radius 3 is 2.33 bits per heavy atom. The number of aryl methyl sites for hydroxylation is 1. The van der Waals surface area contributed by atoms with Crippen LogP contribution in [0.1, 0.15) is 22.7 Å². The van der Waals surface area contributed by atoms with Crippen LogP contribution in [0.25, 0.3) is 5.76 Å². The number of anilines is 1. The predicted molar refractivity (Wildman–Crippen MR) is 125 cm³/mol. The Kier molecular flexibility index (Phi) is 6.07. The van der Waals surface area contributed by atoms with Crippen LogP contribution in [0.5, 0.6) is 11.5 Å². The molecule has 3 aromatic rings. The topological polar surface area (TPSA) is 89.0 Å². The van der Waals surface area contributed by atoms with Gasteiger partial charge in [0, 0.05) is 24.1 Å². The van der Waals surface area contributed by atoms with Crippen molar-refractivity contribution in [3.8, 4) is 11.5 Å². The van der Waals surface area contributed by atoms with Crippen LogP contribution in [-0.4, -0.2) is 36.0 Å². The predicted octanol–water partition coefficient (Wildman–Crippen LogP) is 4.69. The summed E-state index contributed by atoms with van der Waals surface area (Å²) in [7, 11) is 2.88. The van der Waals surface area contributed by atoms with Crippen molar-refractivity contribution in [2.75, 3.05) is 19.1 Å². The van der Waals surface area contributed by atoms with E-state index >= 15 is 0 Å². The molecule has 4 rings (SSSR count). The van der Waals surface area contributed by atoms with Gasteiger partial charge < -0.3 is 14.6 Å². The van der Waals surface area contributed by atoms with Gasteiger partial charge in [0.2, 0.25) is 0 Å². The van der Waals surface area contributed by atoms with E-state index in [1.165, 1.54) is 31.3 Å². The molecular formula is C25H21ClN2O5. The molecule has 2 heterocycles.